The van der Waals surface area contributed by atoms with Crippen LogP contribution in [0.3, 0.4) is 0 Å². The Bertz CT molecular complexity index is 1030. The van der Waals surface area contributed by atoms with Crippen LogP contribution < -0.4 is 10.2 Å². The van der Waals surface area contributed by atoms with E-state index in [0.717, 1.165) is 65.1 Å². The van der Waals surface area contributed by atoms with Crippen molar-refractivity contribution in [2.45, 2.75) is 13.8 Å². The third-order valence-corrected chi connectivity index (χ3v) is 6.86. The zero-order valence-corrected chi connectivity index (χ0v) is 18.3. The maximum absolute atomic E-state index is 12.3. The summed E-state index contributed by atoms with van der Waals surface area (Å²) in [7, 11) is 0. The van der Waals surface area contributed by atoms with E-state index in [1.165, 1.54) is 4.70 Å². The van der Waals surface area contributed by atoms with Crippen LogP contribution >= 0.6 is 22.9 Å². The van der Waals surface area contributed by atoms with E-state index in [4.69, 9.17) is 16.6 Å². The van der Waals surface area contributed by atoms with Gasteiger partial charge in [0.05, 0.1) is 10.2 Å². The zero-order valence-electron chi connectivity index (χ0n) is 16.7. The summed E-state index contributed by atoms with van der Waals surface area (Å²) in [6, 6.07) is 11.7. The SMILES string of the molecule is Cc1cccc(C(=O)NCCN2CCN(c3nc4c(C)c(Cl)ccc4s3)CC2)c1. The van der Waals surface area contributed by atoms with Gasteiger partial charge < -0.3 is 10.2 Å². The highest BCUT2D eigenvalue weighted by Crippen LogP contribution is 2.33. The Morgan fingerprint density at radius 1 is 1.17 bits per heavy atom. The van der Waals surface area contributed by atoms with Crippen molar-refractivity contribution in [1.29, 1.82) is 0 Å². The molecule has 2 heterocycles. The van der Waals surface area contributed by atoms with Gasteiger partial charge in [0, 0.05) is 49.9 Å². The van der Waals surface area contributed by atoms with Crippen molar-refractivity contribution in [2.24, 2.45) is 0 Å². The second-order valence-electron chi connectivity index (χ2n) is 7.47. The lowest BCUT2D eigenvalue weighted by Crippen LogP contribution is -2.48. The Morgan fingerprint density at radius 3 is 2.72 bits per heavy atom. The average Bonchev–Trinajstić information content (AvgIpc) is 3.16. The summed E-state index contributed by atoms with van der Waals surface area (Å²) in [5, 5.41) is 4.87. The largest absolute Gasteiger partial charge is 0.351 e. The van der Waals surface area contributed by atoms with Crippen LogP contribution in [-0.4, -0.2) is 55.1 Å². The van der Waals surface area contributed by atoms with E-state index in [-0.39, 0.29) is 5.91 Å². The van der Waals surface area contributed by atoms with Crippen LogP contribution in [0.1, 0.15) is 21.5 Å². The molecular formula is C22H25ClN4OS. The second kappa shape index (κ2) is 8.69. The lowest BCUT2D eigenvalue weighted by Gasteiger charge is -2.34. The van der Waals surface area contributed by atoms with Crippen LogP contribution in [0.2, 0.25) is 5.02 Å². The van der Waals surface area contributed by atoms with Gasteiger partial charge in [-0.05, 0) is 43.7 Å². The topological polar surface area (TPSA) is 48.5 Å². The minimum absolute atomic E-state index is 0.00385. The first-order chi connectivity index (χ1) is 14.0. The molecule has 0 radical (unpaired) electrons. The number of carbonyl (C=O) groups excluding carboxylic acids is 1. The highest BCUT2D eigenvalue weighted by atomic mass is 35.5. The molecule has 5 nitrogen and oxygen atoms in total. The smallest absolute Gasteiger partial charge is 0.251 e. The lowest BCUT2D eigenvalue weighted by atomic mass is 10.1. The van der Waals surface area contributed by atoms with E-state index in [1.807, 2.05) is 44.2 Å². The van der Waals surface area contributed by atoms with E-state index in [9.17, 15) is 4.79 Å². The number of amides is 1. The molecule has 0 aliphatic carbocycles. The maximum atomic E-state index is 12.3. The molecule has 1 aliphatic rings. The van der Waals surface area contributed by atoms with Crippen LogP contribution in [0.25, 0.3) is 10.2 Å². The van der Waals surface area contributed by atoms with E-state index in [2.05, 4.69) is 21.2 Å². The lowest BCUT2D eigenvalue weighted by molar-refractivity contribution is 0.0947. The minimum atomic E-state index is -0.00385. The van der Waals surface area contributed by atoms with E-state index in [1.54, 1.807) is 11.3 Å². The predicted molar refractivity (Wildman–Crippen MR) is 122 cm³/mol. The molecule has 7 heteroatoms. The maximum Gasteiger partial charge on any atom is 0.251 e. The normalized spacial score (nSPS) is 15.1. The van der Waals surface area contributed by atoms with Crippen molar-refractivity contribution < 1.29 is 4.79 Å². The Morgan fingerprint density at radius 2 is 1.97 bits per heavy atom. The fourth-order valence-corrected chi connectivity index (χ4v) is 4.83. The van der Waals surface area contributed by atoms with E-state index >= 15 is 0 Å². The fourth-order valence-electron chi connectivity index (χ4n) is 3.60. The summed E-state index contributed by atoms with van der Waals surface area (Å²) in [4.78, 5) is 21.8. The van der Waals surface area contributed by atoms with E-state index < -0.39 is 0 Å². The van der Waals surface area contributed by atoms with Crippen LogP contribution in [0.4, 0.5) is 5.13 Å². The number of anilines is 1. The van der Waals surface area contributed by atoms with Gasteiger partial charge in [0.2, 0.25) is 0 Å². The second-order valence-corrected chi connectivity index (χ2v) is 8.89. The molecule has 29 heavy (non-hydrogen) atoms. The monoisotopic (exact) mass is 428 g/mol. The summed E-state index contributed by atoms with van der Waals surface area (Å²) in [6.45, 7) is 9.36. The number of carbonyl (C=O) groups is 1. The summed E-state index contributed by atoms with van der Waals surface area (Å²) >= 11 is 7.96. The van der Waals surface area contributed by atoms with Crippen molar-refractivity contribution in [3.63, 3.8) is 0 Å². The zero-order chi connectivity index (χ0) is 20.4. The van der Waals surface area contributed by atoms with Crippen molar-refractivity contribution in [3.8, 4) is 0 Å². The summed E-state index contributed by atoms with van der Waals surface area (Å²) in [5.74, 6) is -0.00385. The molecule has 1 fully saturated rings. The van der Waals surface area contributed by atoms with Gasteiger partial charge in [-0.25, -0.2) is 4.98 Å². The third kappa shape index (κ3) is 4.55. The average molecular weight is 429 g/mol. The molecular weight excluding hydrogens is 404 g/mol. The molecule has 1 aromatic heterocycles. The summed E-state index contributed by atoms with van der Waals surface area (Å²) in [5.41, 5.74) is 3.88. The first-order valence-electron chi connectivity index (χ1n) is 9.89. The highest BCUT2D eigenvalue weighted by molar-refractivity contribution is 7.22. The molecule has 152 valence electrons. The number of rotatable bonds is 5. The van der Waals surface area contributed by atoms with Crippen LogP contribution in [0.15, 0.2) is 36.4 Å². The van der Waals surface area contributed by atoms with Crippen LogP contribution in [0.5, 0.6) is 0 Å². The molecule has 1 saturated heterocycles. The van der Waals surface area contributed by atoms with Crippen LogP contribution in [0, 0.1) is 13.8 Å². The first kappa shape index (κ1) is 20.1. The molecule has 1 amide bonds. The molecule has 0 spiro atoms. The molecule has 0 saturated carbocycles. The number of nitrogens with one attached hydrogen (secondary N) is 1. The minimum Gasteiger partial charge on any atom is -0.351 e. The number of halogens is 1. The summed E-state index contributed by atoms with van der Waals surface area (Å²) < 4.78 is 1.18. The van der Waals surface area contributed by atoms with Crippen LogP contribution in [-0.2, 0) is 0 Å². The first-order valence-corrected chi connectivity index (χ1v) is 11.1. The van der Waals surface area contributed by atoms with Gasteiger partial charge in [0.1, 0.15) is 0 Å². The predicted octanol–water partition coefficient (Wildman–Crippen LogP) is 4.12. The number of aromatic nitrogens is 1. The van der Waals surface area contributed by atoms with Gasteiger partial charge >= 0.3 is 0 Å². The summed E-state index contributed by atoms with van der Waals surface area (Å²) in [6.07, 6.45) is 0. The van der Waals surface area contributed by atoms with Crippen molar-refractivity contribution in [1.82, 2.24) is 15.2 Å². The highest BCUT2D eigenvalue weighted by Gasteiger charge is 2.20. The molecule has 0 bridgehead atoms. The van der Waals surface area contributed by atoms with Gasteiger partial charge in [-0.1, -0.05) is 40.6 Å². The molecule has 4 rings (SSSR count). The molecule has 0 unspecified atom stereocenters. The van der Waals surface area contributed by atoms with Crippen molar-refractivity contribution in [3.05, 3.63) is 58.1 Å². The molecule has 2 aromatic carbocycles. The standard InChI is InChI=1S/C22H25ClN4OS/c1-15-4-3-5-17(14-15)21(28)24-8-9-26-10-12-27(13-11-26)22-25-20-16(2)18(23)6-7-19(20)29-22/h3-7,14H,8-13H2,1-2H3,(H,24,28). The van der Waals surface area contributed by atoms with Gasteiger partial charge in [0.15, 0.2) is 5.13 Å². The van der Waals surface area contributed by atoms with Gasteiger partial charge in [-0.3, -0.25) is 9.69 Å². The van der Waals surface area contributed by atoms with Gasteiger partial charge in [-0.15, -0.1) is 0 Å². The van der Waals surface area contributed by atoms with Gasteiger partial charge in [0.25, 0.3) is 5.91 Å². The quantitative estimate of drug-likeness (QED) is 0.664. The Kier molecular flexibility index (Phi) is 6.04. The Labute approximate surface area is 180 Å². The van der Waals surface area contributed by atoms with Crippen molar-refractivity contribution in [2.75, 3.05) is 44.2 Å². The number of hydrogen-bond donors (Lipinski definition) is 1. The number of nitrogens with zero attached hydrogens (tertiary/aromatic N) is 3. The third-order valence-electron chi connectivity index (χ3n) is 5.37. The number of fused-ring (bicyclic) bond motifs is 1. The number of hydrogen-bond acceptors (Lipinski definition) is 5. The molecule has 0 atom stereocenters. The fraction of sp³-hybridized carbons (Fsp3) is 0.364. The van der Waals surface area contributed by atoms with Gasteiger partial charge in [-0.2, -0.15) is 0 Å². The van der Waals surface area contributed by atoms with E-state index in [0.29, 0.717) is 6.54 Å². The number of piperazine rings is 1. The molecule has 1 aliphatic heterocycles. The number of thiazole rings is 1. The Hall–Kier alpha value is -2.15. The van der Waals surface area contributed by atoms with Crippen molar-refractivity contribution >= 4 is 44.2 Å². The Balaban J connectivity index is 1.27. The number of benzene rings is 2. The number of aryl methyl sites for hydroxylation is 2. The molecule has 3 aromatic rings. The molecule has 1 N–H and O–H groups in total.